The van der Waals surface area contributed by atoms with Gasteiger partial charge in [0.05, 0.1) is 11.8 Å². The molecule has 0 radical (unpaired) electrons. The van der Waals surface area contributed by atoms with E-state index in [4.69, 9.17) is 9.47 Å². The lowest BCUT2D eigenvalue weighted by Gasteiger charge is -2.30. The first-order chi connectivity index (χ1) is 24.5. The molecule has 0 unspecified atom stereocenters. The molecule has 1 aromatic rings. The lowest BCUT2D eigenvalue weighted by atomic mass is 10.0. The van der Waals surface area contributed by atoms with Crippen LogP contribution in [0.3, 0.4) is 0 Å². The quantitative estimate of drug-likeness (QED) is 0.372. The maximum Gasteiger partial charge on any atom is 0.410 e. The average molecular weight is 726 g/mol. The molecule has 3 heterocycles. The largest absolute Gasteiger partial charge is 0.446 e. The number of benzene rings is 1. The van der Waals surface area contributed by atoms with Crippen molar-refractivity contribution in [2.75, 3.05) is 6.54 Å². The number of amides is 5. The smallest absolute Gasteiger partial charge is 0.410 e. The molecule has 1 aromatic carbocycles. The minimum absolute atomic E-state index is 0.0398. The van der Waals surface area contributed by atoms with Crippen LogP contribution in [0, 0.1) is 5.92 Å². The minimum atomic E-state index is -3.89. The molecule has 3 aliphatic carbocycles. The number of nitrogens with one attached hydrogen (secondary N) is 3. The van der Waals surface area contributed by atoms with E-state index in [1.165, 1.54) is 4.90 Å². The van der Waals surface area contributed by atoms with Gasteiger partial charge in [-0.2, -0.15) is 0 Å². The molecule has 4 fully saturated rings. The van der Waals surface area contributed by atoms with Gasteiger partial charge in [-0.15, -0.1) is 0 Å². The number of allylic oxidation sites excluding steroid dienone is 1. The molecule has 276 valence electrons. The van der Waals surface area contributed by atoms with E-state index in [-0.39, 0.29) is 25.5 Å². The summed E-state index contributed by atoms with van der Waals surface area (Å²) in [6.07, 6.45) is 9.24. The van der Waals surface area contributed by atoms with Gasteiger partial charge >= 0.3 is 12.2 Å². The highest BCUT2D eigenvalue weighted by Gasteiger charge is 2.62. The van der Waals surface area contributed by atoms with Gasteiger partial charge in [-0.1, -0.05) is 49.3 Å². The Kier molecular flexibility index (Phi) is 10.0. The summed E-state index contributed by atoms with van der Waals surface area (Å²) in [6, 6.07) is 5.56. The minimum Gasteiger partial charge on any atom is -0.446 e. The summed E-state index contributed by atoms with van der Waals surface area (Å²) in [5.41, 5.74) is 0.520. The van der Waals surface area contributed by atoms with E-state index in [0.29, 0.717) is 45.2 Å². The van der Waals surface area contributed by atoms with Crippen molar-refractivity contribution in [1.82, 2.24) is 25.2 Å². The Bertz CT molecular complexity index is 1670. The SMILES string of the molecule is O=C(N[C@H]1CCCCC/C=C\[C@@H]2C[C@@]2(C(=O)NS(=O)(=O)C2CC2)NC(=O)[C@@H]2C[C@@H](OC(=O)N3Cc4ccccc4C3)CN2C1=O)OC1CCCC1. The summed E-state index contributed by atoms with van der Waals surface area (Å²) in [6.45, 7) is 0.650. The molecule has 15 heteroatoms. The number of alkyl carbamates (subject to hydrolysis) is 1. The highest BCUT2D eigenvalue weighted by atomic mass is 32.2. The monoisotopic (exact) mass is 725 g/mol. The van der Waals surface area contributed by atoms with E-state index < -0.39 is 74.8 Å². The molecule has 5 amide bonds. The summed E-state index contributed by atoms with van der Waals surface area (Å²) in [4.78, 5) is 71.4. The van der Waals surface area contributed by atoms with Crippen LogP contribution in [0.4, 0.5) is 9.59 Å². The molecule has 51 heavy (non-hydrogen) atoms. The third-order valence-electron chi connectivity index (χ3n) is 11.1. The zero-order valence-electron chi connectivity index (χ0n) is 28.7. The Balaban J connectivity index is 1.12. The summed E-state index contributed by atoms with van der Waals surface area (Å²) < 4.78 is 39.3. The fraction of sp³-hybridized carbons (Fsp3) is 0.639. The van der Waals surface area contributed by atoms with E-state index in [2.05, 4.69) is 15.4 Å². The number of carbonyl (C=O) groups excluding carboxylic acids is 5. The predicted octanol–water partition coefficient (Wildman–Crippen LogP) is 3.15. The van der Waals surface area contributed by atoms with Crippen molar-refractivity contribution in [3.8, 4) is 0 Å². The molecule has 0 spiro atoms. The van der Waals surface area contributed by atoms with Gasteiger partial charge in [0.25, 0.3) is 5.91 Å². The molecule has 3 saturated carbocycles. The number of hydrogen-bond acceptors (Lipinski definition) is 9. The number of rotatable bonds is 6. The average Bonchev–Trinajstić information content (AvgIpc) is 3.88. The molecular formula is C36H47N5O9S. The van der Waals surface area contributed by atoms with Crippen molar-refractivity contribution in [3.63, 3.8) is 0 Å². The lowest BCUT2D eigenvalue weighted by molar-refractivity contribution is -0.141. The summed E-state index contributed by atoms with van der Waals surface area (Å²) in [7, 11) is -3.89. The van der Waals surface area contributed by atoms with Gasteiger partial charge in [-0.25, -0.2) is 18.0 Å². The predicted molar refractivity (Wildman–Crippen MR) is 183 cm³/mol. The highest BCUT2D eigenvalue weighted by molar-refractivity contribution is 7.91. The molecule has 3 aliphatic heterocycles. The first-order valence-corrected chi connectivity index (χ1v) is 19.9. The molecule has 1 saturated heterocycles. The number of sulfonamides is 1. The number of carbonyl (C=O) groups is 5. The van der Waals surface area contributed by atoms with Crippen molar-refractivity contribution in [1.29, 1.82) is 0 Å². The van der Waals surface area contributed by atoms with Gasteiger partial charge in [0.1, 0.15) is 29.8 Å². The van der Waals surface area contributed by atoms with Crippen molar-refractivity contribution in [3.05, 3.63) is 47.5 Å². The van der Waals surface area contributed by atoms with E-state index in [1.807, 2.05) is 36.4 Å². The van der Waals surface area contributed by atoms with Crippen LogP contribution >= 0.6 is 0 Å². The Morgan fingerprint density at radius 1 is 0.882 bits per heavy atom. The maximum atomic E-state index is 14.3. The highest BCUT2D eigenvalue weighted by Crippen LogP contribution is 2.46. The first-order valence-electron chi connectivity index (χ1n) is 18.4. The van der Waals surface area contributed by atoms with Crippen molar-refractivity contribution in [2.24, 2.45) is 5.92 Å². The van der Waals surface area contributed by atoms with Crippen LogP contribution in [0.5, 0.6) is 0 Å². The zero-order chi connectivity index (χ0) is 35.8. The van der Waals surface area contributed by atoms with Gasteiger partial charge in [0.2, 0.25) is 21.8 Å². The van der Waals surface area contributed by atoms with Crippen LogP contribution in [0.2, 0.25) is 0 Å². The summed E-state index contributed by atoms with van der Waals surface area (Å²) in [5.74, 6) is -2.41. The Morgan fingerprint density at radius 2 is 1.59 bits per heavy atom. The van der Waals surface area contributed by atoms with Crippen molar-refractivity contribution < 1.29 is 41.9 Å². The van der Waals surface area contributed by atoms with Gasteiger partial charge in [0.15, 0.2) is 0 Å². The van der Waals surface area contributed by atoms with Gasteiger partial charge < -0.3 is 25.0 Å². The number of hydrogen-bond donors (Lipinski definition) is 3. The summed E-state index contributed by atoms with van der Waals surface area (Å²) >= 11 is 0. The molecule has 0 aromatic heterocycles. The molecule has 6 aliphatic rings. The number of nitrogens with zero attached hydrogens (tertiary/aromatic N) is 2. The van der Waals surface area contributed by atoms with Crippen LogP contribution in [0.15, 0.2) is 36.4 Å². The molecular weight excluding hydrogens is 678 g/mol. The van der Waals surface area contributed by atoms with Crippen LogP contribution in [0.25, 0.3) is 0 Å². The third kappa shape index (κ3) is 7.87. The third-order valence-corrected chi connectivity index (χ3v) is 12.9. The molecule has 14 nitrogen and oxygen atoms in total. The van der Waals surface area contributed by atoms with E-state index in [1.54, 1.807) is 4.90 Å². The van der Waals surface area contributed by atoms with Crippen LogP contribution < -0.4 is 15.4 Å². The van der Waals surface area contributed by atoms with Gasteiger partial charge in [-0.05, 0) is 75.3 Å². The van der Waals surface area contributed by atoms with Crippen molar-refractivity contribution >= 4 is 39.9 Å². The first kappa shape index (κ1) is 35.3. The zero-order valence-corrected chi connectivity index (χ0v) is 29.5. The number of fused-ring (bicyclic) bond motifs is 3. The fourth-order valence-electron chi connectivity index (χ4n) is 7.86. The molecule has 7 rings (SSSR count). The fourth-order valence-corrected chi connectivity index (χ4v) is 9.22. The van der Waals surface area contributed by atoms with Gasteiger partial charge in [-0.3, -0.25) is 24.0 Å². The normalized spacial score (nSPS) is 30.5. The molecule has 3 N–H and O–H groups in total. The van der Waals surface area contributed by atoms with Crippen LogP contribution in [-0.4, -0.2) is 89.8 Å². The summed E-state index contributed by atoms with van der Waals surface area (Å²) in [5, 5.41) is 4.97. The van der Waals surface area contributed by atoms with E-state index >= 15 is 0 Å². The Hall–Kier alpha value is -4.14. The van der Waals surface area contributed by atoms with E-state index in [9.17, 15) is 32.4 Å². The van der Waals surface area contributed by atoms with Gasteiger partial charge in [0, 0.05) is 25.4 Å². The second-order valence-corrected chi connectivity index (χ2v) is 16.9. The Morgan fingerprint density at radius 3 is 2.29 bits per heavy atom. The molecule has 0 bridgehead atoms. The maximum absolute atomic E-state index is 14.3. The number of ether oxygens (including phenoxy) is 2. The van der Waals surface area contributed by atoms with Crippen molar-refractivity contribution in [2.45, 2.75) is 132 Å². The Labute approximate surface area is 298 Å². The van der Waals surface area contributed by atoms with Crippen LogP contribution in [-0.2, 0) is 47.0 Å². The standard InChI is InChI=1S/C36H47N5O9S/c42-31-30-18-27(50-35(46)40-20-23-10-6-7-11-24(23)21-40)22-41(30)32(43)29(37-34(45)49-26-13-8-9-14-26)15-5-3-1-2-4-12-25-19-36(25,38-31)33(44)39-51(47,48)28-16-17-28/h4,6-7,10-12,25-30H,1-3,5,8-9,13-22H2,(H,37,45)(H,38,42)(H,39,44)/b12-4-/t25-,27-,29+,30+,36-/m1/s1. The van der Waals surface area contributed by atoms with E-state index in [0.717, 1.165) is 49.7 Å². The topological polar surface area (TPSA) is 181 Å². The lowest BCUT2D eigenvalue weighted by Crippen LogP contribution is -2.58. The van der Waals surface area contributed by atoms with Crippen LogP contribution in [0.1, 0.15) is 94.6 Å². The second-order valence-electron chi connectivity index (χ2n) is 14.9. The second kappa shape index (κ2) is 14.5. The molecule has 5 atom stereocenters.